The number of hydrogen-bond donors (Lipinski definition) is 0. The minimum absolute atomic E-state index is 0.349. The van der Waals surface area contributed by atoms with E-state index in [9.17, 15) is 4.39 Å². The van der Waals surface area contributed by atoms with Crippen LogP contribution in [0.1, 0.15) is 25.3 Å². The van der Waals surface area contributed by atoms with Gasteiger partial charge in [0.05, 0.1) is 14.2 Å². The molecule has 0 unspecified atom stereocenters. The number of hydrogen-bond acceptors (Lipinski definition) is 3. The third kappa shape index (κ3) is 3.45. The average molecular weight is 290 g/mol. The van der Waals surface area contributed by atoms with E-state index >= 15 is 0 Å². The zero-order chi connectivity index (χ0) is 15.4. The van der Waals surface area contributed by atoms with E-state index in [4.69, 9.17) is 14.2 Å². The second kappa shape index (κ2) is 6.48. The Kier molecular flexibility index (Phi) is 4.68. The summed E-state index contributed by atoms with van der Waals surface area (Å²) in [6.45, 7) is 4.20. The molecule has 0 saturated carbocycles. The highest BCUT2D eigenvalue weighted by Crippen LogP contribution is 2.35. The first-order valence-electron chi connectivity index (χ1n) is 6.74. The summed E-state index contributed by atoms with van der Waals surface area (Å²) in [6.07, 6.45) is 0. The van der Waals surface area contributed by atoms with Crippen molar-refractivity contribution in [2.45, 2.75) is 19.8 Å². The Labute approximate surface area is 124 Å². The van der Waals surface area contributed by atoms with Crippen molar-refractivity contribution in [1.82, 2.24) is 0 Å². The van der Waals surface area contributed by atoms with Crippen LogP contribution in [0.15, 0.2) is 36.4 Å². The number of ether oxygens (including phenoxy) is 3. The highest BCUT2D eigenvalue weighted by atomic mass is 19.1. The summed E-state index contributed by atoms with van der Waals surface area (Å²) in [5.41, 5.74) is 1.11. The van der Waals surface area contributed by atoms with E-state index in [2.05, 4.69) is 13.8 Å². The predicted octanol–water partition coefficient (Wildman–Crippen LogP) is 4.76. The fraction of sp³-hybridized carbons (Fsp3) is 0.294. The summed E-state index contributed by atoms with van der Waals surface area (Å²) in [6, 6.07) is 9.80. The van der Waals surface area contributed by atoms with Gasteiger partial charge in [-0.15, -0.1) is 0 Å². The van der Waals surface area contributed by atoms with Gasteiger partial charge < -0.3 is 14.2 Å². The van der Waals surface area contributed by atoms with Gasteiger partial charge in [0.1, 0.15) is 17.3 Å². The van der Waals surface area contributed by atoms with Crippen LogP contribution in [0, 0.1) is 5.82 Å². The summed E-state index contributed by atoms with van der Waals surface area (Å²) in [5.74, 6) is 2.17. The normalized spacial score (nSPS) is 10.6. The van der Waals surface area contributed by atoms with Gasteiger partial charge in [0.25, 0.3) is 0 Å². The smallest absolute Gasteiger partial charge is 0.169 e. The maximum atomic E-state index is 13.2. The first-order chi connectivity index (χ1) is 10.0. The van der Waals surface area contributed by atoms with E-state index in [0.717, 1.165) is 11.3 Å². The zero-order valence-electron chi connectivity index (χ0n) is 12.6. The van der Waals surface area contributed by atoms with Crippen LogP contribution in [0.3, 0.4) is 0 Å². The molecule has 0 N–H and O–H groups in total. The lowest BCUT2D eigenvalue weighted by atomic mass is 10.0. The number of rotatable bonds is 5. The van der Waals surface area contributed by atoms with E-state index in [-0.39, 0.29) is 5.82 Å². The monoisotopic (exact) mass is 290 g/mol. The van der Waals surface area contributed by atoms with Gasteiger partial charge in [-0.2, -0.15) is 0 Å². The lowest BCUT2D eigenvalue weighted by Crippen LogP contribution is -1.96. The van der Waals surface area contributed by atoms with Crippen LogP contribution in [-0.4, -0.2) is 14.2 Å². The van der Waals surface area contributed by atoms with Crippen molar-refractivity contribution in [1.29, 1.82) is 0 Å². The van der Waals surface area contributed by atoms with E-state index < -0.39 is 0 Å². The molecule has 0 radical (unpaired) electrons. The van der Waals surface area contributed by atoms with Crippen LogP contribution >= 0.6 is 0 Å². The Morgan fingerprint density at radius 1 is 0.857 bits per heavy atom. The Balaban J connectivity index is 2.32. The Morgan fingerprint density at radius 3 is 2.19 bits per heavy atom. The van der Waals surface area contributed by atoms with Gasteiger partial charge in [-0.1, -0.05) is 19.9 Å². The van der Waals surface area contributed by atoms with E-state index in [1.54, 1.807) is 7.11 Å². The maximum Gasteiger partial charge on any atom is 0.169 e. The molecule has 0 saturated heterocycles. The molecule has 0 aromatic heterocycles. The first kappa shape index (κ1) is 15.2. The summed E-state index contributed by atoms with van der Waals surface area (Å²) in [4.78, 5) is 0. The van der Waals surface area contributed by atoms with Crippen molar-refractivity contribution in [2.75, 3.05) is 14.2 Å². The van der Waals surface area contributed by atoms with Crippen molar-refractivity contribution in [3.63, 3.8) is 0 Å². The van der Waals surface area contributed by atoms with Gasteiger partial charge in [-0.05, 0) is 29.7 Å². The van der Waals surface area contributed by atoms with Crippen molar-refractivity contribution in [3.8, 4) is 23.0 Å². The molecule has 0 heterocycles. The van der Waals surface area contributed by atoms with Gasteiger partial charge in [0, 0.05) is 12.1 Å². The molecular formula is C17H19FO3. The van der Waals surface area contributed by atoms with Crippen LogP contribution in [-0.2, 0) is 0 Å². The highest BCUT2D eigenvalue weighted by Gasteiger charge is 2.11. The molecule has 0 bridgehead atoms. The fourth-order valence-corrected chi connectivity index (χ4v) is 2.08. The second-order valence-electron chi connectivity index (χ2n) is 4.96. The summed E-state index contributed by atoms with van der Waals surface area (Å²) >= 11 is 0. The number of benzene rings is 2. The number of halogens is 1. The summed E-state index contributed by atoms with van der Waals surface area (Å²) < 4.78 is 29.4. The summed E-state index contributed by atoms with van der Waals surface area (Å²) in [5, 5.41) is 0. The van der Waals surface area contributed by atoms with Crippen molar-refractivity contribution < 1.29 is 18.6 Å². The third-order valence-corrected chi connectivity index (χ3v) is 3.18. The van der Waals surface area contributed by atoms with Crippen LogP contribution in [0.5, 0.6) is 23.0 Å². The highest BCUT2D eigenvalue weighted by molar-refractivity contribution is 5.47. The van der Waals surface area contributed by atoms with Gasteiger partial charge in [0.15, 0.2) is 11.5 Å². The van der Waals surface area contributed by atoms with Crippen LogP contribution < -0.4 is 14.2 Å². The Hall–Kier alpha value is -2.23. The van der Waals surface area contributed by atoms with E-state index in [1.807, 2.05) is 18.2 Å². The molecule has 0 aliphatic heterocycles. The molecule has 2 rings (SSSR count). The maximum absolute atomic E-state index is 13.2. The van der Waals surface area contributed by atoms with Crippen LogP contribution in [0.2, 0.25) is 0 Å². The van der Waals surface area contributed by atoms with E-state index in [1.165, 1.54) is 25.3 Å². The van der Waals surface area contributed by atoms with Crippen LogP contribution in [0.4, 0.5) is 4.39 Å². The molecule has 2 aromatic rings. The number of methoxy groups -OCH3 is 2. The van der Waals surface area contributed by atoms with Gasteiger partial charge in [-0.3, -0.25) is 0 Å². The van der Waals surface area contributed by atoms with Crippen molar-refractivity contribution in [2.24, 2.45) is 0 Å². The largest absolute Gasteiger partial charge is 0.496 e. The van der Waals surface area contributed by atoms with Crippen molar-refractivity contribution >= 4 is 0 Å². The van der Waals surface area contributed by atoms with Crippen LogP contribution in [0.25, 0.3) is 0 Å². The quantitative estimate of drug-likeness (QED) is 0.794. The molecule has 3 nitrogen and oxygen atoms in total. The molecule has 0 aliphatic carbocycles. The van der Waals surface area contributed by atoms with E-state index in [0.29, 0.717) is 23.2 Å². The van der Waals surface area contributed by atoms with Gasteiger partial charge in [-0.25, -0.2) is 4.39 Å². The Bertz CT molecular complexity index is 623. The van der Waals surface area contributed by atoms with Crippen molar-refractivity contribution in [3.05, 3.63) is 47.8 Å². The minimum atomic E-state index is -0.369. The minimum Gasteiger partial charge on any atom is -0.496 e. The SMILES string of the molecule is COc1cc(F)ccc1Oc1ccc(C(C)C)c(OC)c1. The lowest BCUT2D eigenvalue weighted by molar-refractivity contribution is 0.372. The molecule has 21 heavy (non-hydrogen) atoms. The molecule has 0 fully saturated rings. The molecule has 0 amide bonds. The molecule has 0 spiro atoms. The standard InChI is InChI=1S/C17H19FO3/c1-11(2)14-7-6-13(10-16(14)19-3)21-15-8-5-12(18)9-17(15)20-4/h5-11H,1-4H3. The fourth-order valence-electron chi connectivity index (χ4n) is 2.08. The Morgan fingerprint density at radius 2 is 1.57 bits per heavy atom. The van der Waals surface area contributed by atoms with Gasteiger partial charge >= 0.3 is 0 Å². The first-order valence-corrected chi connectivity index (χ1v) is 6.74. The molecule has 112 valence electrons. The second-order valence-corrected chi connectivity index (χ2v) is 4.96. The molecule has 0 aliphatic rings. The lowest BCUT2D eigenvalue weighted by Gasteiger charge is -2.15. The molecular weight excluding hydrogens is 271 g/mol. The average Bonchev–Trinajstić information content (AvgIpc) is 2.48. The molecule has 4 heteroatoms. The molecule has 0 atom stereocenters. The van der Waals surface area contributed by atoms with Gasteiger partial charge in [0.2, 0.25) is 0 Å². The predicted molar refractivity (Wildman–Crippen MR) is 80.1 cm³/mol. The molecule has 2 aromatic carbocycles. The zero-order valence-corrected chi connectivity index (χ0v) is 12.6. The topological polar surface area (TPSA) is 27.7 Å². The summed E-state index contributed by atoms with van der Waals surface area (Å²) in [7, 11) is 3.10. The third-order valence-electron chi connectivity index (χ3n) is 3.18.